The van der Waals surface area contributed by atoms with Gasteiger partial charge < -0.3 is 4.90 Å². The molecule has 0 saturated carbocycles. The normalized spacial score (nSPS) is 15.0. The Bertz CT molecular complexity index is 1270. The van der Waals surface area contributed by atoms with Gasteiger partial charge >= 0.3 is 0 Å². The molecule has 2 heterocycles. The Morgan fingerprint density at radius 2 is 1.69 bits per heavy atom. The Morgan fingerprint density at radius 1 is 1.03 bits per heavy atom. The molecule has 0 radical (unpaired) electrons. The molecule has 2 aromatic carbocycles. The SMILES string of the molecule is O=C(c1cnn(-c2ccc(Cl)cc2)c1)N1CCN(S(=O)(=O)c2ccccc2[N+](=O)[O-])CC1. The van der Waals surface area contributed by atoms with Crippen LogP contribution in [-0.2, 0) is 10.0 Å². The third-order valence-electron chi connectivity index (χ3n) is 5.13. The van der Waals surface area contributed by atoms with Gasteiger partial charge in [0.05, 0.1) is 22.4 Å². The number of carbonyl (C=O) groups is 1. The van der Waals surface area contributed by atoms with Gasteiger partial charge in [-0.2, -0.15) is 9.40 Å². The molecule has 1 aliphatic heterocycles. The lowest BCUT2D eigenvalue weighted by Crippen LogP contribution is -2.50. The summed E-state index contributed by atoms with van der Waals surface area (Å²) in [5.74, 6) is -0.270. The monoisotopic (exact) mass is 475 g/mol. The lowest BCUT2D eigenvalue weighted by atomic mass is 10.2. The van der Waals surface area contributed by atoms with E-state index < -0.39 is 20.6 Å². The molecule has 0 N–H and O–H groups in total. The quantitative estimate of drug-likeness (QED) is 0.413. The molecule has 1 fully saturated rings. The molecule has 3 aromatic rings. The van der Waals surface area contributed by atoms with Crippen LogP contribution in [0.2, 0.25) is 5.02 Å². The first-order chi connectivity index (χ1) is 15.3. The minimum atomic E-state index is -4.06. The average molecular weight is 476 g/mol. The lowest BCUT2D eigenvalue weighted by Gasteiger charge is -2.33. The summed E-state index contributed by atoms with van der Waals surface area (Å²) in [6.07, 6.45) is 3.05. The van der Waals surface area contributed by atoms with E-state index in [0.29, 0.717) is 10.6 Å². The van der Waals surface area contributed by atoms with Crippen LogP contribution in [0.3, 0.4) is 0 Å². The Kier molecular flexibility index (Phi) is 5.96. The van der Waals surface area contributed by atoms with Crippen molar-refractivity contribution >= 4 is 33.2 Å². The van der Waals surface area contributed by atoms with E-state index >= 15 is 0 Å². The molecular weight excluding hydrogens is 458 g/mol. The molecule has 10 nitrogen and oxygen atoms in total. The number of hydrogen-bond acceptors (Lipinski definition) is 6. The van der Waals surface area contributed by atoms with Crippen molar-refractivity contribution in [1.82, 2.24) is 19.0 Å². The van der Waals surface area contributed by atoms with E-state index in [1.807, 2.05) is 0 Å². The zero-order valence-electron chi connectivity index (χ0n) is 16.7. The number of rotatable bonds is 5. The molecule has 1 amide bonds. The van der Waals surface area contributed by atoms with Gasteiger partial charge in [-0.05, 0) is 30.3 Å². The maximum atomic E-state index is 12.9. The van der Waals surface area contributed by atoms with Crippen molar-refractivity contribution in [2.75, 3.05) is 26.2 Å². The number of piperazine rings is 1. The molecule has 0 spiro atoms. The minimum Gasteiger partial charge on any atom is -0.336 e. The van der Waals surface area contributed by atoms with Gasteiger partial charge in [-0.25, -0.2) is 13.1 Å². The van der Waals surface area contributed by atoms with Crippen LogP contribution in [0, 0.1) is 10.1 Å². The highest BCUT2D eigenvalue weighted by Gasteiger charge is 2.34. The fraction of sp³-hybridized carbons (Fsp3) is 0.200. The third kappa shape index (κ3) is 4.22. The predicted molar refractivity (Wildman–Crippen MR) is 116 cm³/mol. The Labute approximate surface area is 188 Å². The first-order valence-corrected chi connectivity index (χ1v) is 11.4. The number of hydrogen-bond donors (Lipinski definition) is 0. The smallest absolute Gasteiger partial charge is 0.289 e. The summed E-state index contributed by atoms with van der Waals surface area (Å²) >= 11 is 5.89. The predicted octanol–water partition coefficient (Wildman–Crippen LogP) is 2.58. The van der Waals surface area contributed by atoms with Crippen molar-refractivity contribution in [2.45, 2.75) is 4.90 Å². The second-order valence-electron chi connectivity index (χ2n) is 7.07. The first kappa shape index (κ1) is 21.9. The van der Waals surface area contributed by atoms with Crippen molar-refractivity contribution in [3.05, 3.63) is 81.6 Å². The molecule has 32 heavy (non-hydrogen) atoms. The standard InChI is InChI=1S/C20H18ClN5O5S/c21-16-5-7-17(8-6-16)25-14-15(13-22-25)20(27)23-9-11-24(12-10-23)32(30,31)19-4-2-1-3-18(19)26(28)29/h1-8,13-14H,9-12H2. The van der Waals surface area contributed by atoms with Gasteiger partial charge in [-0.15, -0.1) is 0 Å². The maximum Gasteiger partial charge on any atom is 0.289 e. The molecule has 12 heteroatoms. The zero-order chi connectivity index (χ0) is 22.9. The topological polar surface area (TPSA) is 119 Å². The van der Waals surface area contributed by atoms with E-state index in [1.165, 1.54) is 29.3 Å². The molecular formula is C20H18ClN5O5S. The number of sulfonamides is 1. The van der Waals surface area contributed by atoms with E-state index in [1.54, 1.807) is 35.1 Å². The van der Waals surface area contributed by atoms with Crippen molar-refractivity contribution in [3.8, 4) is 5.69 Å². The van der Waals surface area contributed by atoms with Crippen molar-refractivity contribution in [3.63, 3.8) is 0 Å². The van der Waals surface area contributed by atoms with Gasteiger partial charge in [0, 0.05) is 43.5 Å². The van der Waals surface area contributed by atoms with Crippen molar-refractivity contribution in [1.29, 1.82) is 0 Å². The number of nitrogens with zero attached hydrogens (tertiary/aromatic N) is 5. The van der Waals surface area contributed by atoms with Crippen LogP contribution in [0.1, 0.15) is 10.4 Å². The fourth-order valence-electron chi connectivity index (χ4n) is 3.45. The van der Waals surface area contributed by atoms with Gasteiger partial charge in [0.1, 0.15) is 0 Å². The molecule has 0 bridgehead atoms. The number of nitro benzene ring substituents is 1. The fourth-order valence-corrected chi connectivity index (χ4v) is 5.15. The highest BCUT2D eigenvalue weighted by Crippen LogP contribution is 2.27. The molecule has 0 unspecified atom stereocenters. The van der Waals surface area contributed by atoms with Gasteiger partial charge in [0.2, 0.25) is 10.0 Å². The number of nitro groups is 1. The molecule has 4 rings (SSSR count). The number of benzene rings is 2. The summed E-state index contributed by atoms with van der Waals surface area (Å²) < 4.78 is 28.6. The highest BCUT2D eigenvalue weighted by molar-refractivity contribution is 7.89. The number of aromatic nitrogens is 2. The first-order valence-electron chi connectivity index (χ1n) is 9.61. The Hall–Kier alpha value is -3.28. The zero-order valence-corrected chi connectivity index (χ0v) is 18.2. The third-order valence-corrected chi connectivity index (χ3v) is 7.32. The maximum absolute atomic E-state index is 12.9. The molecule has 1 saturated heterocycles. The van der Waals surface area contributed by atoms with Crippen molar-refractivity contribution in [2.24, 2.45) is 0 Å². The number of para-hydroxylation sites is 1. The second kappa shape index (κ2) is 8.69. The Morgan fingerprint density at radius 3 is 2.34 bits per heavy atom. The summed E-state index contributed by atoms with van der Waals surface area (Å²) in [5.41, 5.74) is 0.643. The number of halogens is 1. The van der Waals surface area contributed by atoms with Crippen molar-refractivity contribution < 1.29 is 18.1 Å². The van der Waals surface area contributed by atoms with Crippen LogP contribution in [0.4, 0.5) is 5.69 Å². The van der Waals surface area contributed by atoms with Gasteiger partial charge in [0.15, 0.2) is 4.90 Å². The minimum absolute atomic E-state index is 0.0332. The van der Waals surface area contributed by atoms with Crippen LogP contribution < -0.4 is 0 Å². The summed E-state index contributed by atoms with van der Waals surface area (Å²) in [6, 6.07) is 12.2. The average Bonchev–Trinajstić information content (AvgIpc) is 3.29. The summed E-state index contributed by atoms with van der Waals surface area (Å²) in [4.78, 5) is 24.6. The summed E-state index contributed by atoms with van der Waals surface area (Å²) in [5, 5.41) is 16.0. The van der Waals surface area contributed by atoms with E-state index in [0.717, 1.165) is 16.1 Å². The highest BCUT2D eigenvalue weighted by atomic mass is 35.5. The lowest BCUT2D eigenvalue weighted by molar-refractivity contribution is -0.387. The van der Waals surface area contributed by atoms with Gasteiger partial charge in [-0.1, -0.05) is 23.7 Å². The van der Waals surface area contributed by atoms with E-state index in [4.69, 9.17) is 11.6 Å². The molecule has 0 atom stereocenters. The van der Waals surface area contributed by atoms with Crippen LogP contribution in [0.25, 0.3) is 5.69 Å². The van der Waals surface area contributed by atoms with Crippen LogP contribution in [0.15, 0.2) is 65.8 Å². The second-order valence-corrected chi connectivity index (χ2v) is 9.41. The van der Waals surface area contributed by atoms with E-state index in [9.17, 15) is 23.3 Å². The van der Waals surface area contributed by atoms with Gasteiger partial charge in [0.25, 0.3) is 11.6 Å². The number of amides is 1. The van der Waals surface area contributed by atoms with E-state index in [-0.39, 0.29) is 37.0 Å². The Balaban J connectivity index is 1.45. The molecule has 1 aromatic heterocycles. The van der Waals surface area contributed by atoms with Crippen LogP contribution in [-0.4, -0.2) is 64.4 Å². The van der Waals surface area contributed by atoms with Gasteiger partial charge in [-0.3, -0.25) is 14.9 Å². The largest absolute Gasteiger partial charge is 0.336 e. The van der Waals surface area contributed by atoms with Crippen LogP contribution in [0.5, 0.6) is 0 Å². The summed E-state index contributed by atoms with van der Waals surface area (Å²) in [6.45, 7) is 0.381. The summed E-state index contributed by atoms with van der Waals surface area (Å²) in [7, 11) is -4.06. The molecule has 166 valence electrons. The number of carbonyl (C=O) groups excluding carboxylic acids is 1. The molecule has 0 aliphatic carbocycles. The van der Waals surface area contributed by atoms with Crippen LogP contribution >= 0.6 is 11.6 Å². The van der Waals surface area contributed by atoms with E-state index in [2.05, 4.69) is 5.10 Å². The molecule has 1 aliphatic rings.